The van der Waals surface area contributed by atoms with Gasteiger partial charge in [0.2, 0.25) is 0 Å². The number of para-hydroxylation sites is 1. The number of anilines is 1. The first-order valence-corrected chi connectivity index (χ1v) is 7.33. The van der Waals surface area contributed by atoms with Crippen molar-refractivity contribution in [1.82, 2.24) is 0 Å². The molecule has 0 N–H and O–H groups in total. The third-order valence-electron chi connectivity index (χ3n) is 3.64. The standard InChI is InChI=1S/C20H23N/c1-16(2)21(20-13-9-6-10-14-20)18(4)17(3)15-19-11-7-5-8-12-19/h5-14,17H,1,4,15H2,2-3H3. The van der Waals surface area contributed by atoms with Crippen molar-refractivity contribution < 1.29 is 0 Å². The van der Waals surface area contributed by atoms with Gasteiger partial charge in [0.05, 0.1) is 0 Å². The quantitative estimate of drug-likeness (QED) is 0.681. The van der Waals surface area contributed by atoms with Crippen molar-refractivity contribution in [2.24, 2.45) is 5.92 Å². The minimum atomic E-state index is 0.351. The van der Waals surface area contributed by atoms with Gasteiger partial charge in [0.1, 0.15) is 0 Å². The molecule has 1 heteroatoms. The highest BCUT2D eigenvalue weighted by Gasteiger charge is 2.17. The van der Waals surface area contributed by atoms with Crippen LogP contribution in [-0.2, 0) is 6.42 Å². The van der Waals surface area contributed by atoms with Gasteiger partial charge in [0, 0.05) is 23.0 Å². The topological polar surface area (TPSA) is 3.24 Å². The summed E-state index contributed by atoms with van der Waals surface area (Å²) in [6, 6.07) is 20.8. The zero-order chi connectivity index (χ0) is 15.2. The van der Waals surface area contributed by atoms with Crippen molar-refractivity contribution in [3.63, 3.8) is 0 Å². The minimum Gasteiger partial charge on any atom is -0.319 e. The zero-order valence-corrected chi connectivity index (χ0v) is 12.9. The molecule has 1 unspecified atom stereocenters. The molecule has 1 nitrogen and oxygen atoms in total. The maximum atomic E-state index is 4.31. The Morgan fingerprint density at radius 1 is 0.952 bits per heavy atom. The van der Waals surface area contributed by atoms with Gasteiger partial charge in [-0.05, 0) is 31.0 Å². The van der Waals surface area contributed by atoms with Crippen LogP contribution in [0.3, 0.4) is 0 Å². The molecule has 0 saturated heterocycles. The second-order valence-corrected chi connectivity index (χ2v) is 5.49. The van der Waals surface area contributed by atoms with Gasteiger partial charge >= 0.3 is 0 Å². The molecule has 0 fully saturated rings. The fraction of sp³-hybridized carbons (Fsp3) is 0.200. The summed E-state index contributed by atoms with van der Waals surface area (Å²) >= 11 is 0. The molecule has 2 aromatic rings. The molecule has 0 aromatic heterocycles. The number of hydrogen-bond acceptors (Lipinski definition) is 1. The SMILES string of the molecule is C=C(C)N(C(=C)C(C)Cc1ccccc1)c1ccccc1. The maximum absolute atomic E-state index is 4.31. The van der Waals surface area contributed by atoms with Gasteiger partial charge in [0.15, 0.2) is 0 Å². The van der Waals surface area contributed by atoms with Crippen molar-refractivity contribution in [2.75, 3.05) is 4.90 Å². The van der Waals surface area contributed by atoms with Crippen LogP contribution < -0.4 is 4.90 Å². The highest BCUT2D eigenvalue weighted by molar-refractivity contribution is 5.57. The van der Waals surface area contributed by atoms with Crippen molar-refractivity contribution in [3.05, 3.63) is 90.8 Å². The van der Waals surface area contributed by atoms with Gasteiger partial charge < -0.3 is 4.90 Å². The van der Waals surface area contributed by atoms with Crippen LogP contribution >= 0.6 is 0 Å². The van der Waals surface area contributed by atoms with Gasteiger partial charge in [-0.15, -0.1) is 0 Å². The van der Waals surface area contributed by atoms with E-state index in [0.717, 1.165) is 23.5 Å². The fourth-order valence-electron chi connectivity index (χ4n) is 2.51. The average molecular weight is 277 g/mol. The van der Waals surface area contributed by atoms with E-state index in [1.165, 1.54) is 5.56 Å². The number of rotatable bonds is 6. The Kier molecular flexibility index (Phi) is 4.99. The first-order valence-electron chi connectivity index (χ1n) is 7.33. The number of hydrogen-bond donors (Lipinski definition) is 0. The molecule has 0 aliphatic heterocycles. The van der Waals surface area contributed by atoms with Gasteiger partial charge in [-0.25, -0.2) is 0 Å². The van der Waals surface area contributed by atoms with Crippen LogP contribution in [0.4, 0.5) is 5.69 Å². The van der Waals surface area contributed by atoms with Crippen LogP contribution in [0.2, 0.25) is 0 Å². The van der Waals surface area contributed by atoms with Crippen LogP contribution in [0, 0.1) is 5.92 Å². The molecule has 2 aromatic carbocycles. The van der Waals surface area contributed by atoms with E-state index in [1.54, 1.807) is 0 Å². The number of nitrogens with zero attached hydrogens (tertiary/aromatic N) is 1. The Morgan fingerprint density at radius 2 is 1.48 bits per heavy atom. The lowest BCUT2D eigenvalue weighted by Gasteiger charge is -2.30. The van der Waals surface area contributed by atoms with Crippen molar-refractivity contribution >= 4 is 5.69 Å². The van der Waals surface area contributed by atoms with Crippen LogP contribution in [0.15, 0.2) is 85.2 Å². The minimum absolute atomic E-state index is 0.351. The molecule has 0 saturated carbocycles. The summed E-state index contributed by atoms with van der Waals surface area (Å²) < 4.78 is 0. The molecule has 0 bridgehead atoms. The summed E-state index contributed by atoms with van der Waals surface area (Å²) in [6.45, 7) is 12.7. The van der Waals surface area contributed by atoms with E-state index in [9.17, 15) is 0 Å². The molecular weight excluding hydrogens is 254 g/mol. The third-order valence-corrected chi connectivity index (χ3v) is 3.64. The summed E-state index contributed by atoms with van der Waals surface area (Å²) in [5.41, 5.74) is 4.53. The number of benzene rings is 2. The van der Waals surface area contributed by atoms with Crippen molar-refractivity contribution in [3.8, 4) is 0 Å². The zero-order valence-electron chi connectivity index (χ0n) is 12.9. The van der Waals surface area contributed by atoms with Crippen LogP contribution in [0.1, 0.15) is 19.4 Å². The van der Waals surface area contributed by atoms with E-state index in [0.29, 0.717) is 5.92 Å². The lowest BCUT2D eigenvalue weighted by Crippen LogP contribution is -2.24. The molecule has 108 valence electrons. The molecule has 0 aliphatic carbocycles. The second-order valence-electron chi connectivity index (χ2n) is 5.49. The molecular formula is C20H23N. The van der Waals surface area contributed by atoms with Gasteiger partial charge in [-0.1, -0.05) is 68.6 Å². The van der Waals surface area contributed by atoms with E-state index in [2.05, 4.69) is 61.4 Å². The van der Waals surface area contributed by atoms with E-state index < -0.39 is 0 Å². The number of allylic oxidation sites excluding steroid dienone is 2. The van der Waals surface area contributed by atoms with Crippen LogP contribution in [0.5, 0.6) is 0 Å². The van der Waals surface area contributed by atoms with Crippen LogP contribution in [0.25, 0.3) is 0 Å². The molecule has 0 heterocycles. The summed E-state index contributed by atoms with van der Waals surface area (Å²) in [6.07, 6.45) is 0.982. The summed E-state index contributed by atoms with van der Waals surface area (Å²) in [5.74, 6) is 0.351. The van der Waals surface area contributed by atoms with Crippen molar-refractivity contribution in [2.45, 2.75) is 20.3 Å². The largest absolute Gasteiger partial charge is 0.319 e. The van der Waals surface area contributed by atoms with Gasteiger partial charge in [0.25, 0.3) is 0 Å². The normalized spacial score (nSPS) is 11.7. The summed E-state index contributed by atoms with van der Waals surface area (Å²) in [5, 5.41) is 0. The Hall–Kier alpha value is -2.28. The first-order chi connectivity index (χ1) is 10.1. The Labute approximate surface area is 128 Å². The van der Waals surface area contributed by atoms with Gasteiger partial charge in [-0.3, -0.25) is 0 Å². The van der Waals surface area contributed by atoms with Crippen molar-refractivity contribution in [1.29, 1.82) is 0 Å². The molecule has 0 radical (unpaired) electrons. The fourth-order valence-corrected chi connectivity index (χ4v) is 2.51. The average Bonchev–Trinajstić information content (AvgIpc) is 2.49. The Morgan fingerprint density at radius 3 is 2.00 bits per heavy atom. The lowest BCUT2D eigenvalue weighted by molar-refractivity contribution is 0.659. The highest BCUT2D eigenvalue weighted by atomic mass is 15.1. The van der Waals surface area contributed by atoms with E-state index in [4.69, 9.17) is 0 Å². The Balaban J connectivity index is 2.17. The molecule has 21 heavy (non-hydrogen) atoms. The molecule has 2 rings (SSSR count). The molecule has 1 atom stereocenters. The monoisotopic (exact) mass is 277 g/mol. The predicted octanol–water partition coefficient (Wildman–Crippen LogP) is 5.42. The summed E-state index contributed by atoms with van der Waals surface area (Å²) in [7, 11) is 0. The lowest BCUT2D eigenvalue weighted by atomic mass is 9.97. The smallest absolute Gasteiger partial charge is 0.0454 e. The van der Waals surface area contributed by atoms with Crippen LogP contribution in [-0.4, -0.2) is 0 Å². The summed E-state index contributed by atoms with van der Waals surface area (Å²) in [4.78, 5) is 2.15. The highest BCUT2D eigenvalue weighted by Crippen LogP contribution is 2.28. The molecule has 0 spiro atoms. The second kappa shape index (κ2) is 6.94. The van der Waals surface area contributed by atoms with E-state index in [1.807, 2.05) is 31.2 Å². The maximum Gasteiger partial charge on any atom is 0.0454 e. The van der Waals surface area contributed by atoms with Gasteiger partial charge in [-0.2, -0.15) is 0 Å². The molecule has 0 aliphatic rings. The Bertz CT molecular complexity index is 598. The third kappa shape index (κ3) is 3.85. The predicted molar refractivity (Wildman–Crippen MR) is 92.2 cm³/mol. The first kappa shape index (κ1) is 15.1. The molecule has 0 amide bonds. The van der Waals surface area contributed by atoms with E-state index >= 15 is 0 Å². The van der Waals surface area contributed by atoms with E-state index in [-0.39, 0.29) is 0 Å².